The molecule has 0 unspecified atom stereocenters. The van der Waals surface area contributed by atoms with E-state index in [0.717, 1.165) is 73.2 Å². The van der Waals surface area contributed by atoms with Crippen LogP contribution in [0, 0.1) is 0 Å². The Hall–Kier alpha value is -4.44. The van der Waals surface area contributed by atoms with E-state index in [1.807, 2.05) is 54.6 Å². The molecule has 214 valence electrons. The van der Waals surface area contributed by atoms with Crippen LogP contribution in [0.15, 0.2) is 73.2 Å². The van der Waals surface area contributed by atoms with Gasteiger partial charge in [0.1, 0.15) is 0 Å². The first-order valence-corrected chi connectivity index (χ1v) is 14.4. The highest BCUT2D eigenvalue weighted by molar-refractivity contribution is 6.35. The number of carbonyl (C=O) groups is 2. The van der Waals surface area contributed by atoms with Gasteiger partial charge in [-0.25, -0.2) is 4.98 Å². The Morgan fingerprint density at radius 2 is 1.79 bits per heavy atom. The van der Waals surface area contributed by atoms with Gasteiger partial charge in [-0.1, -0.05) is 36.7 Å². The smallest absolute Gasteiger partial charge is 0.256 e. The summed E-state index contributed by atoms with van der Waals surface area (Å²) in [4.78, 5) is 37.4. The van der Waals surface area contributed by atoms with Crippen molar-refractivity contribution in [1.82, 2.24) is 19.8 Å². The van der Waals surface area contributed by atoms with E-state index >= 15 is 0 Å². The maximum absolute atomic E-state index is 13.1. The van der Waals surface area contributed by atoms with Gasteiger partial charge in [0.05, 0.1) is 29.5 Å². The summed E-state index contributed by atoms with van der Waals surface area (Å²) >= 11 is 6.60. The molecular formula is C32H32ClN7O2. The molecule has 9 nitrogen and oxygen atoms in total. The van der Waals surface area contributed by atoms with Gasteiger partial charge < -0.3 is 25.8 Å². The highest BCUT2D eigenvalue weighted by Gasteiger charge is 2.24. The Balaban J connectivity index is 1.09. The van der Waals surface area contributed by atoms with Gasteiger partial charge in [0, 0.05) is 65.9 Å². The van der Waals surface area contributed by atoms with E-state index in [4.69, 9.17) is 11.6 Å². The number of likely N-dealkylation sites (N-methyl/N-ethyl adjacent to an activating group) is 1. The summed E-state index contributed by atoms with van der Waals surface area (Å²) in [6.45, 7) is 8.21. The Labute approximate surface area is 249 Å². The highest BCUT2D eigenvalue weighted by Crippen LogP contribution is 2.35. The third-order valence-electron chi connectivity index (χ3n) is 7.65. The van der Waals surface area contributed by atoms with Gasteiger partial charge in [-0.3, -0.25) is 14.5 Å². The molecule has 3 heterocycles. The normalized spacial score (nSPS) is 16.3. The van der Waals surface area contributed by atoms with Crippen molar-refractivity contribution in [2.45, 2.75) is 13.5 Å². The van der Waals surface area contributed by atoms with Crippen LogP contribution >= 0.6 is 11.6 Å². The van der Waals surface area contributed by atoms with Crippen LogP contribution in [0.3, 0.4) is 0 Å². The van der Waals surface area contributed by atoms with Crippen molar-refractivity contribution in [3.8, 4) is 0 Å². The predicted molar refractivity (Wildman–Crippen MR) is 168 cm³/mol. The number of nitrogens with zero attached hydrogens (tertiary/aromatic N) is 3. The standard InChI is InChI=1S/C32H32ClN7O2/c1-2-39-10-12-40(13-11-39)19-22-7-6-21(14-29(22)33)31(41)37-24-5-3-4-23(15-24)36-25-8-9-27-28(16-26-18-34-20-35-26)32(42)38-30(27)17-25/h3-9,14-18,20,36H,2,10-13,19H2,1H3,(H,34,35)(H,37,41)(H,38,42)/b28-16-. The molecule has 2 aliphatic rings. The van der Waals surface area contributed by atoms with Crippen molar-refractivity contribution in [2.75, 3.05) is 48.7 Å². The maximum Gasteiger partial charge on any atom is 0.256 e. The minimum atomic E-state index is -0.228. The van der Waals surface area contributed by atoms with Gasteiger partial charge in [0.2, 0.25) is 0 Å². The molecule has 4 aromatic rings. The average Bonchev–Trinajstić information content (AvgIpc) is 3.62. The number of carbonyl (C=O) groups excluding carboxylic acids is 2. The fourth-order valence-corrected chi connectivity index (χ4v) is 5.52. The predicted octanol–water partition coefficient (Wildman–Crippen LogP) is 5.69. The summed E-state index contributed by atoms with van der Waals surface area (Å²) < 4.78 is 0. The minimum absolute atomic E-state index is 0.163. The van der Waals surface area contributed by atoms with Gasteiger partial charge >= 0.3 is 0 Å². The fourth-order valence-electron chi connectivity index (χ4n) is 5.28. The lowest BCUT2D eigenvalue weighted by Crippen LogP contribution is -2.45. The van der Waals surface area contributed by atoms with Crippen LogP contribution in [0.2, 0.25) is 5.02 Å². The lowest BCUT2D eigenvalue weighted by Gasteiger charge is -2.34. The van der Waals surface area contributed by atoms with Gasteiger partial charge in [-0.15, -0.1) is 0 Å². The second-order valence-electron chi connectivity index (χ2n) is 10.5. The Bertz CT molecular complexity index is 1640. The number of fused-ring (bicyclic) bond motifs is 1. The molecule has 10 heteroatoms. The SMILES string of the molecule is CCN1CCN(Cc2ccc(C(=O)Nc3cccc(Nc4ccc5c(c4)NC(=O)/C5=C\c4cnc[nH]4)c3)cc2Cl)CC1. The number of piperazine rings is 1. The van der Waals surface area contributed by atoms with E-state index in [-0.39, 0.29) is 11.8 Å². The monoisotopic (exact) mass is 581 g/mol. The van der Waals surface area contributed by atoms with Crippen molar-refractivity contribution in [3.63, 3.8) is 0 Å². The summed E-state index contributed by atoms with van der Waals surface area (Å²) in [5, 5.41) is 9.85. The number of nitrogens with one attached hydrogen (secondary N) is 4. The second-order valence-corrected chi connectivity index (χ2v) is 10.9. The Kier molecular flexibility index (Phi) is 8.05. The third kappa shape index (κ3) is 6.23. The minimum Gasteiger partial charge on any atom is -0.355 e. The van der Waals surface area contributed by atoms with Gasteiger partial charge in [0.25, 0.3) is 11.8 Å². The third-order valence-corrected chi connectivity index (χ3v) is 8.00. The van der Waals surface area contributed by atoms with E-state index in [1.54, 1.807) is 24.7 Å². The van der Waals surface area contributed by atoms with Crippen molar-refractivity contribution in [3.05, 3.63) is 101 Å². The lowest BCUT2D eigenvalue weighted by atomic mass is 10.1. The molecule has 0 spiro atoms. The van der Waals surface area contributed by atoms with E-state index in [9.17, 15) is 9.59 Å². The van der Waals surface area contributed by atoms with Crippen LogP contribution in [0.25, 0.3) is 11.6 Å². The maximum atomic E-state index is 13.1. The number of aromatic amines is 1. The molecule has 42 heavy (non-hydrogen) atoms. The molecule has 0 saturated carbocycles. The molecule has 6 rings (SSSR count). The summed E-state index contributed by atoms with van der Waals surface area (Å²) in [5.74, 6) is -0.390. The molecule has 3 aromatic carbocycles. The molecular weight excluding hydrogens is 550 g/mol. The van der Waals surface area contributed by atoms with Crippen LogP contribution in [0.1, 0.15) is 34.1 Å². The molecule has 0 radical (unpaired) electrons. The van der Waals surface area contributed by atoms with Crippen LogP contribution in [0.5, 0.6) is 0 Å². The van der Waals surface area contributed by atoms with Crippen LogP contribution < -0.4 is 16.0 Å². The fraction of sp³-hybridized carbons (Fsp3) is 0.219. The second kappa shape index (κ2) is 12.2. The summed E-state index contributed by atoms with van der Waals surface area (Å²) in [7, 11) is 0. The number of hydrogen-bond donors (Lipinski definition) is 4. The molecule has 1 aromatic heterocycles. The van der Waals surface area contributed by atoms with E-state index < -0.39 is 0 Å². The quantitative estimate of drug-likeness (QED) is 0.199. The van der Waals surface area contributed by atoms with Crippen LogP contribution in [0.4, 0.5) is 22.7 Å². The number of hydrogen-bond acceptors (Lipinski definition) is 6. The van der Waals surface area contributed by atoms with Gasteiger partial charge in [0.15, 0.2) is 0 Å². The van der Waals surface area contributed by atoms with Crippen molar-refractivity contribution < 1.29 is 9.59 Å². The van der Waals surface area contributed by atoms with Crippen LogP contribution in [-0.2, 0) is 11.3 Å². The number of rotatable bonds is 8. The first-order valence-electron chi connectivity index (χ1n) is 14.0. The lowest BCUT2D eigenvalue weighted by molar-refractivity contribution is -0.110. The first-order chi connectivity index (χ1) is 20.4. The van der Waals surface area contributed by atoms with E-state index in [0.29, 0.717) is 21.8 Å². The molecule has 0 aliphatic carbocycles. The number of amides is 2. The summed E-state index contributed by atoms with van der Waals surface area (Å²) in [6, 6.07) is 18.7. The summed E-state index contributed by atoms with van der Waals surface area (Å²) in [5.41, 5.74) is 6.67. The molecule has 2 aliphatic heterocycles. The van der Waals surface area contributed by atoms with E-state index in [2.05, 4.69) is 42.6 Å². The molecule has 0 atom stereocenters. The zero-order chi connectivity index (χ0) is 29.1. The van der Waals surface area contributed by atoms with Crippen molar-refractivity contribution in [1.29, 1.82) is 0 Å². The number of imidazole rings is 1. The van der Waals surface area contributed by atoms with Gasteiger partial charge in [-0.05, 0) is 60.6 Å². The topological polar surface area (TPSA) is 105 Å². The molecule has 2 amide bonds. The van der Waals surface area contributed by atoms with Crippen LogP contribution in [-0.4, -0.2) is 64.3 Å². The van der Waals surface area contributed by atoms with E-state index in [1.165, 1.54) is 0 Å². The molecule has 4 N–H and O–H groups in total. The van der Waals surface area contributed by atoms with Gasteiger partial charge in [-0.2, -0.15) is 0 Å². The zero-order valence-electron chi connectivity index (χ0n) is 23.3. The Morgan fingerprint density at radius 3 is 2.55 bits per heavy atom. The number of aromatic nitrogens is 2. The highest BCUT2D eigenvalue weighted by atomic mass is 35.5. The number of halogens is 1. The first kappa shape index (κ1) is 27.7. The number of H-pyrrole nitrogens is 1. The Morgan fingerprint density at radius 1 is 1.00 bits per heavy atom. The molecule has 0 bridgehead atoms. The summed E-state index contributed by atoms with van der Waals surface area (Å²) in [6.07, 6.45) is 5.02. The number of anilines is 4. The largest absolute Gasteiger partial charge is 0.355 e. The zero-order valence-corrected chi connectivity index (χ0v) is 24.0. The average molecular weight is 582 g/mol. The molecule has 1 saturated heterocycles. The van der Waals surface area contributed by atoms with Crippen molar-refractivity contribution >= 4 is 57.8 Å². The number of benzene rings is 3. The molecule has 1 fully saturated rings. The van der Waals surface area contributed by atoms with Crippen molar-refractivity contribution in [2.24, 2.45) is 0 Å².